The van der Waals surface area contributed by atoms with Gasteiger partial charge in [-0.1, -0.05) is 18.2 Å². The predicted molar refractivity (Wildman–Crippen MR) is 101 cm³/mol. The van der Waals surface area contributed by atoms with Gasteiger partial charge in [0, 0.05) is 37.6 Å². The number of hydrogen-bond acceptors (Lipinski definition) is 4. The highest BCUT2D eigenvalue weighted by Crippen LogP contribution is 2.21. The molecule has 0 bridgehead atoms. The van der Waals surface area contributed by atoms with Crippen LogP contribution in [0.15, 0.2) is 48.8 Å². The van der Waals surface area contributed by atoms with Crippen LogP contribution in [0.4, 0.5) is 5.82 Å². The second-order valence-corrected chi connectivity index (χ2v) is 6.87. The molecule has 3 aromatic rings. The number of nitrogens with one attached hydrogen (secondary N) is 1. The molecule has 0 unspecified atom stereocenters. The van der Waals surface area contributed by atoms with Crippen molar-refractivity contribution in [2.24, 2.45) is 5.92 Å². The zero-order chi connectivity index (χ0) is 17.9. The summed E-state index contributed by atoms with van der Waals surface area (Å²) in [6.07, 6.45) is 5.64. The highest BCUT2D eigenvalue weighted by atomic mass is 16.2. The van der Waals surface area contributed by atoms with E-state index < -0.39 is 0 Å². The fourth-order valence-electron chi connectivity index (χ4n) is 3.53. The first kappa shape index (κ1) is 16.6. The van der Waals surface area contributed by atoms with Crippen molar-refractivity contribution in [1.29, 1.82) is 0 Å². The third-order valence-corrected chi connectivity index (χ3v) is 4.99. The van der Waals surface area contributed by atoms with Crippen molar-refractivity contribution in [3.05, 3.63) is 60.0 Å². The minimum Gasteiger partial charge on any atom is -0.368 e. The number of anilines is 1. The van der Waals surface area contributed by atoms with Crippen LogP contribution in [0.1, 0.15) is 28.9 Å². The Hall–Kier alpha value is -2.89. The first-order valence-electron chi connectivity index (χ1n) is 9.10. The number of aryl methyl sites for hydroxylation is 1. The lowest BCUT2D eigenvalue weighted by molar-refractivity contribution is 0.0695. The van der Waals surface area contributed by atoms with Crippen molar-refractivity contribution >= 4 is 17.2 Å². The second kappa shape index (κ2) is 7.15. The van der Waals surface area contributed by atoms with Gasteiger partial charge in [0.1, 0.15) is 5.52 Å². The zero-order valence-corrected chi connectivity index (χ0v) is 14.9. The number of nitrogens with zero attached hydrogens (tertiary/aromatic N) is 4. The van der Waals surface area contributed by atoms with Gasteiger partial charge in [-0.2, -0.15) is 5.10 Å². The van der Waals surface area contributed by atoms with E-state index in [-0.39, 0.29) is 5.91 Å². The van der Waals surface area contributed by atoms with Crippen molar-refractivity contribution in [2.75, 3.05) is 25.0 Å². The molecule has 4 rings (SSSR count). The summed E-state index contributed by atoms with van der Waals surface area (Å²) in [7, 11) is 0. The van der Waals surface area contributed by atoms with Gasteiger partial charge >= 0.3 is 0 Å². The fraction of sp³-hybridized carbons (Fsp3) is 0.350. The van der Waals surface area contributed by atoms with Gasteiger partial charge in [-0.25, -0.2) is 9.50 Å². The Balaban J connectivity index is 1.33. The topological polar surface area (TPSA) is 62.5 Å². The third kappa shape index (κ3) is 3.40. The zero-order valence-electron chi connectivity index (χ0n) is 14.9. The standard InChI is InChI=1S/C20H23N5O/c1-15-13-18-19(21-9-12-25(18)23-15)22-14-16-7-10-24(11-8-16)20(26)17-5-3-2-4-6-17/h2-6,9,12-13,16H,7-8,10-11,14H2,1H3,(H,21,22). The van der Waals surface area contributed by atoms with E-state index in [9.17, 15) is 4.79 Å². The van der Waals surface area contributed by atoms with Crippen molar-refractivity contribution < 1.29 is 4.79 Å². The maximum Gasteiger partial charge on any atom is 0.253 e. The summed E-state index contributed by atoms with van der Waals surface area (Å²) in [5, 5.41) is 7.89. The molecule has 0 atom stereocenters. The average Bonchev–Trinajstić information content (AvgIpc) is 3.07. The number of rotatable bonds is 4. The smallest absolute Gasteiger partial charge is 0.253 e. The molecule has 3 heterocycles. The summed E-state index contributed by atoms with van der Waals surface area (Å²) in [6, 6.07) is 11.6. The van der Waals surface area contributed by atoms with E-state index in [1.54, 1.807) is 6.20 Å². The van der Waals surface area contributed by atoms with E-state index in [0.29, 0.717) is 5.92 Å². The van der Waals surface area contributed by atoms with Crippen molar-refractivity contribution in [1.82, 2.24) is 19.5 Å². The molecule has 26 heavy (non-hydrogen) atoms. The molecule has 0 saturated carbocycles. The summed E-state index contributed by atoms with van der Waals surface area (Å²) in [5.74, 6) is 1.55. The Morgan fingerprint density at radius 1 is 1.23 bits per heavy atom. The highest BCUT2D eigenvalue weighted by Gasteiger charge is 2.23. The monoisotopic (exact) mass is 349 g/mol. The number of carbonyl (C=O) groups excluding carboxylic acids is 1. The number of hydrogen-bond donors (Lipinski definition) is 1. The van der Waals surface area contributed by atoms with E-state index in [1.165, 1.54) is 0 Å². The molecule has 1 saturated heterocycles. The van der Waals surface area contributed by atoms with E-state index in [4.69, 9.17) is 0 Å². The summed E-state index contributed by atoms with van der Waals surface area (Å²) >= 11 is 0. The maximum absolute atomic E-state index is 12.5. The molecule has 0 aliphatic carbocycles. The van der Waals surface area contributed by atoms with Gasteiger partial charge in [0.25, 0.3) is 5.91 Å². The third-order valence-electron chi connectivity index (χ3n) is 4.99. The van der Waals surface area contributed by atoms with Gasteiger partial charge in [0.15, 0.2) is 5.82 Å². The molecule has 1 aliphatic rings. The minimum absolute atomic E-state index is 0.137. The van der Waals surface area contributed by atoms with E-state index in [0.717, 1.165) is 55.1 Å². The Morgan fingerprint density at radius 2 is 2.00 bits per heavy atom. The van der Waals surface area contributed by atoms with Crippen LogP contribution in [0, 0.1) is 12.8 Å². The van der Waals surface area contributed by atoms with Crippen LogP contribution in [0.25, 0.3) is 5.52 Å². The van der Waals surface area contributed by atoms with Crippen LogP contribution < -0.4 is 5.32 Å². The van der Waals surface area contributed by atoms with Gasteiger partial charge in [0.2, 0.25) is 0 Å². The molecule has 6 nitrogen and oxygen atoms in total. The maximum atomic E-state index is 12.5. The predicted octanol–water partition coefficient (Wildman–Crippen LogP) is 3.00. The number of benzene rings is 1. The number of aromatic nitrogens is 3. The summed E-state index contributed by atoms with van der Waals surface area (Å²) < 4.78 is 1.85. The number of likely N-dealkylation sites (tertiary alicyclic amines) is 1. The lowest BCUT2D eigenvalue weighted by Gasteiger charge is -2.32. The number of piperidine rings is 1. The first-order valence-corrected chi connectivity index (χ1v) is 9.10. The minimum atomic E-state index is 0.137. The Labute approximate surface area is 152 Å². The molecule has 1 aliphatic heterocycles. The fourth-order valence-corrected chi connectivity index (χ4v) is 3.53. The largest absolute Gasteiger partial charge is 0.368 e. The highest BCUT2D eigenvalue weighted by molar-refractivity contribution is 5.94. The van der Waals surface area contributed by atoms with Gasteiger partial charge in [-0.15, -0.1) is 0 Å². The lowest BCUT2D eigenvalue weighted by atomic mass is 9.96. The SMILES string of the molecule is Cc1cc2c(NCC3CCN(C(=O)c4ccccc4)CC3)nccn2n1. The van der Waals surface area contributed by atoms with Crippen LogP contribution in [0.2, 0.25) is 0 Å². The summed E-state index contributed by atoms with van der Waals surface area (Å²) in [5.41, 5.74) is 2.76. The molecule has 0 spiro atoms. The summed E-state index contributed by atoms with van der Waals surface area (Å²) in [6.45, 7) is 4.47. The second-order valence-electron chi connectivity index (χ2n) is 6.87. The number of fused-ring (bicyclic) bond motifs is 1. The molecule has 1 aromatic carbocycles. The molecular formula is C20H23N5O. The molecule has 1 fully saturated rings. The molecule has 2 aromatic heterocycles. The lowest BCUT2D eigenvalue weighted by Crippen LogP contribution is -2.39. The van der Waals surface area contributed by atoms with Gasteiger partial charge in [-0.05, 0) is 43.9 Å². The van der Waals surface area contributed by atoms with Crippen LogP contribution in [-0.2, 0) is 0 Å². The molecular weight excluding hydrogens is 326 g/mol. The molecule has 134 valence electrons. The van der Waals surface area contributed by atoms with Crippen LogP contribution in [0.3, 0.4) is 0 Å². The quantitative estimate of drug-likeness (QED) is 0.786. The molecule has 1 N–H and O–H groups in total. The van der Waals surface area contributed by atoms with E-state index in [1.807, 2.05) is 58.9 Å². The van der Waals surface area contributed by atoms with Gasteiger partial charge in [-0.3, -0.25) is 4.79 Å². The van der Waals surface area contributed by atoms with Crippen LogP contribution in [-0.4, -0.2) is 45.0 Å². The number of carbonyl (C=O) groups is 1. The Morgan fingerprint density at radius 3 is 2.77 bits per heavy atom. The summed E-state index contributed by atoms with van der Waals surface area (Å²) in [4.78, 5) is 18.9. The van der Waals surface area contributed by atoms with Gasteiger partial charge < -0.3 is 10.2 Å². The first-order chi connectivity index (χ1) is 12.7. The Kier molecular flexibility index (Phi) is 4.56. The van der Waals surface area contributed by atoms with Crippen molar-refractivity contribution in [3.8, 4) is 0 Å². The van der Waals surface area contributed by atoms with Gasteiger partial charge in [0.05, 0.1) is 5.69 Å². The van der Waals surface area contributed by atoms with Crippen molar-refractivity contribution in [2.45, 2.75) is 19.8 Å². The molecule has 6 heteroatoms. The van der Waals surface area contributed by atoms with Crippen molar-refractivity contribution in [3.63, 3.8) is 0 Å². The normalized spacial score (nSPS) is 15.3. The average molecular weight is 349 g/mol. The molecule has 1 amide bonds. The molecule has 0 radical (unpaired) electrons. The van der Waals surface area contributed by atoms with E-state index >= 15 is 0 Å². The van der Waals surface area contributed by atoms with E-state index in [2.05, 4.69) is 15.4 Å². The Bertz CT molecular complexity index is 897. The van der Waals surface area contributed by atoms with Crippen LogP contribution in [0.5, 0.6) is 0 Å². The number of amides is 1. The van der Waals surface area contributed by atoms with Crippen LogP contribution >= 0.6 is 0 Å².